The molecule has 0 spiro atoms. The Labute approximate surface area is 228 Å². The van der Waals surface area contributed by atoms with Crippen LogP contribution in [0.3, 0.4) is 0 Å². The average molecular weight is 551 g/mol. The number of carbonyl (C=O) groups is 2. The number of benzene rings is 2. The van der Waals surface area contributed by atoms with E-state index >= 15 is 0 Å². The summed E-state index contributed by atoms with van der Waals surface area (Å²) in [6, 6.07) is 6.57. The molecular weight excluding hydrogens is 510 g/mol. The molecule has 0 aliphatic heterocycles. The first kappa shape index (κ1) is 32.3. The first-order chi connectivity index (χ1) is 18.6. The lowest BCUT2D eigenvalue weighted by Crippen LogP contribution is -2.51. The summed E-state index contributed by atoms with van der Waals surface area (Å²) in [5.74, 6) is -2.41. The number of aliphatic hydroxyl groups excluding tert-OH is 2. The second-order valence-corrected chi connectivity index (χ2v) is 9.57. The fourth-order valence-electron chi connectivity index (χ4n) is 4.28. The topological polar surface area (TPSA) is 108 Å². The fourth-order valence-corrected chi connectivity index (χ4v) is 4.28. The lowest BCUT2D eigenvalue weighted by molar-refractivity contribution is -0.0568. The highest BCUT2D eigenvalue weighted by molar-refractivity contribution is 6.00. The van der Waals surface area contributed by atoms with E-state index < -0.39 is 35.8 Å². The molecule has 0 unspecified atom stereocenters. The number of nitrogens with one attached hydrogen (secondary N) is 1. The fraction of sp³-hybridized carbons (Fsp3) is 0.517. The second kappa shape index (κ2) is 16.2. The van der Waals surface area contributed by atoms with Crippen LogP contribution >= 0.6 is 0 Å². The summed E-state index contributed by atoms with van der Waals surface area (Å²) in [6.07, 6.45) is -1.52. The van der Waals surface area contributed by atoms with Crippen LogP contribution in [0.15, 0.2) is 36.4 Å². The van der Waals surface area contributed by atoms with Crippen molar-refractivity contribution in [2.75, 3.05) is 40.0 Å². The molecule has 2 aromatic rings. The molecule has 0 fully saturated rings. The molecule has 0 aliphatic rings. The van der Waals surface area contributed by atoms with E-state index in [1.165, 1.54) is 13.2 Å². The van der Waals surface area contributed by atoms with E-state index in [1.807, 2.05) is 13.8 Å². The quantitative estimate of drug-likeness (QED) is 0.277. The summed E-state index contributed by atoms with van der Waals surface area (Å²) >= 11 is 0. The van der Waals surface area contributed by atoms with Crippen molar-refractivity contribution < 1.29 is 38.1 Å². The summed E-state index contributed by atoms with van der Waals surface area (Å²) in [6.45, 7) is 7.13. The maximum Gasteiger partial charge on any atom is 0.253 e. The van der Waals surface area contributed by atoms with Crippen LogP contribution < -0.4 is 5.32 Å². The normalized spacial score (nSPS) is 13.5. The Hall–Kier alpha value is -2.92. The van der Waals surface area contributed by atoms with Crippen LogP contribution in [-0.2, 0) is 15.9 Å². The van der Waals surface area contributed by atoms with Crippen molar-refractivity contribution in [1.82, 2.24) is 10.2 Å². The molecule has 39 heavy (non-hydrogen) atoms. The highest BCUT2D eigenvalue weighted by Crippen LogP contribution is 2.17. The number of methoxy groups -OCH3 is 1. The van der Waals surface area contributed by atoms with Gasteiger partial charge in [0.2, 0.25) is 0 Å². The lowest BCUT2D eigenvalue weighted by atomic mass is 9.96. The number of hydrogen-bond acceptors (Lipinski definition) is 6. The standard InChI is InChI=1S/C29H40F2N2O6/c1-5-7-33(8-6-2)29(37)22-12-19(3)11-21(16-22)28(36)32-25(15-20-13-23(30)17-24(31)14-20)27(35)26(34)18-39-10-9-38-4/h11-14,16-17,25-27,34-35H,5-10,15,18H2,1-4H3,(H,32,36)/t25-,26+,27-/m1/s1. The zero-order valence-electron chi connectivity index (χ0n) is 23.1. The Bertz CT molecular complexity index is 1060. The van der Waals surface area contributed by atoms with E-state index in [1.54, 1.807) is 24.0 Å². The predicted molar refractivity (Wildman–Crippen MR) is 144 cm³/mol. The minimum Gasteiger partial charge on any atom is -0.388 e. The van der Waals surface area contributed by atoms with Crippen molar-refractivity contribution in [3.63, 3.8) is 0 Å². The summed E-state index contributed by atoms with van der Waals surface area (Å²) in [5.41, 5.74) is 1.41. The number of aliphatic hydroxyl groups is 2. The zero-order chi connectivity index (χ0) is 28.9. The minimum atomic E-state index is -1.53. The van der Waals surface area contributed by atoms with Crippen LogP contribution in [0.4, 0.5) is 8.78 Å². The third-order valence-electron chi connectivity index (χ3n) is 6.08. The van der Waals surface area contributed by atoms with Gasteiger partial charge in [-0.15, -0.1) is 0 Å². The smallest absolute Gasteiger partial charge is 0.253 e. The summed E-state index contributed by atoms with van der Waals surface area (Å²) < 4.78 is 37.9. The molecule has 0 radical (unpaired) electrons. The number of amides is 2. The Morgan fingerprint density at radius 2 is 1.56 bits per heavy atom. The van der Waals surface area contributed by atoms with Crippen LogP contribution in [-0.4, -0.2) is 85.2 Å². The molecule has 0 aliphatic carbocycles. The summed E-state index contributed by atoms with van der Waals surface area (Å²) in [5, 5.41) is 24.1. The third-order valence-corrected chi connectivity index (χ3v) is 6.08. The van der Waals surface area contributed by atoms with Gasteiger partial charge in [-0.05, 0) is 67.6 Å². The Morgan fingerprint density at radius 1 is 0.949 bits per heavy atom. The first-order valence-corrected chi connectivity index (χ1v) is 13.2. The number of aryl methyl sites for hydroxylation is 1. The number of rotatable bonds is 16. The van der Waals surface area contributed by atoms with Gasteiger partial charge in [0.05, 0.1) is 25.9 Å². The van der Waals surface area contributed by atoms with Crippen LogP contribution in [0.25, 0.3) is 0 Å². The Kier molecular flexibility index (Phi) is 13.5. The number of hydrogen-bond donors (Lipinski definition) is 3. The van der Waals surface area contributed by atoms with Gasteiger partial charge in [-0.2, -0.15) is 0 Å². The van der Waals surface area contributed by atoms with Gasteiger partial charge in [0, 0.05) is 37.4 Å². The van der Waals surface area contributed by atoms with Crippen LogP contribution in [0, 0.1) is 18.6 Å². The van der Waals surface area contributed by atoms with Crippen molar-refractivity contribution in [2.45, 2.75) is 58.3 Å². The van der Waals surface area contributed by atoms with Gasteiger partial charge < -0.3 is 29.9 Å². The predicted octanol–water partition coefficient (Wildman–Crippen LogP) is 3.26. The maximum absolute atomic E-state index is 13.8. The molecule has 0 aromatic heterocycles. The maximum atomic E-state index is 13.8. The van der Waals surface area contributed by atoms with E-state index in [2.05, 4.69) is 5.32 Å². The van der Waals surface area contributed by atoms with Crippen LogP contribution in [0.1, 0.15) is 58.5 Å². The molecule has 0 saturated heterocycles. The SMILES string of the molecule is CCCN(CCC)C(=O)c1cc(C)cc(C(=O)N[C@H](Cc2cc(F)cc(F)c2)[C@@H](O)[C@@H](O)COCCOC)c1. The molecule has 2 aromatic carbocycles. The third kappa shape index (κ3) is 10.3. The number of halogens is 2. The van der Waals surface area contributed by atoms with Crippen LogP contribution in [0.2, 0.25) is 0 Å². The Morgan fingerprint density at radius 3 is 2.15 bits per heavy atom. The molecule has 3 atom stereocenters. The van der Waals surface area contributed by atoms with Gasteiger partial charge in [0.1, 0.15) is 23.8 Å². The largest absolute Gasteiger partial charge is 0.388 e. The van der Waals surface area contributed by atoms with Crippen molar-refractivity contribution in [3.05, 3.63) is 70.3 Å². The molecule has 0 saturated carbocycles. The monoisotopic (exact) mass is 550 g/mol. The second-order valence-electron chi connectivity index (χ2n) is 9.57. The van der Waals surface area contributed by atoms with Gasteiger partial charge in [0.25, 0.3) is 11.8 Å². The molecule has 0 bridgehead atoms. The van der Waals surface area contributed by atoms with Crippen molar-refractivity contribution in [2.24, 2.45) is 0 Å². The molecule has 2 rings (SSSR count). The lowest BCUT2D eigenvalue weighted by Gasteiger charge is -2.28. The van der Waals surface area contributed by atoms with Crippen LogP contribution in [0.5, 0.6) is 0 Å². The summed E-state index contributed by atoms with van der Waals surface area (Å²) in [7, 11) is 1.49. The molecule has 3 N–H and O–H groups in total. The van der Waals surface area contributed by atoms with Gasteiger partial charge in [-0.3, -0.25) is 9.59 Å². The van der Waals surface area contributed by atoms with E-state index in [-0.39, 0.29) is 43.3 Å². The van der Waals surface area contributed by atoms with Crippen molar-refractivity contribution >= 4 is 11.8 Å². The summed E-state index contributed by atoms with van der Waals surface area (Å²) in [4.78, 5) is 28.2. The Balaban J connectivity index is 2.31. The van der Waals surface area contributed by atoms with E-state index in [9.17, 15) is 28.6 Å². The average Bonchev–Trinajstić information content (AvgIpc) is 2.88. The minimum absolute atomic E-state index is 0.172. The zero-order valence-corrected chi connectivity index (χ0v) is 23.1. The number of nitrogens with zero attached hydrogens (tertiary/aromatic N) is 1. The number of carbonyl (C=O) groups excluding carboxylic acids is 2. The van der Waals surface area contributed by atoms with E-state index in [0.29, 0.717) is 24.2 Å². The van der Waals surface area contributed by atoms with E-state index in [0.717, 1.165) is 31.0 Å². The van der Waals surface area contributed by atoms with Gasteiger partial charge >= 0.3 is 0 Å². The van der Waals surface area contributed by atoms with Crippen molar-refractivity contribution in [1.29, 1.82) is 0 Å². The molecule has 0 heterocycles. The van der Waals surface area contributed by atoms with Gasteiger partial charge in [-0.1, -0.05) is 13.8 Å². The molecule has 8 nitrogen and oxygen atoms in total. The molecule has 2 amide bonds. The van der Waals surface area contributed by atoms with Gasteiger partial charge in [-0.25, -0.2) is 8.78 Å². The van der Waals surface area contributed by atoms with E-state index in [4.69, 9.17) is 9.47 Å². The molecule has 10 heteroatoms. The molecule has 216 valence electrons. The molecular formula is C29H40F2N2O6. The first-order valence-electron chi connectivity index (χ1n) is 13.2. The van der Waals surface area contributed by atoms with Gasteiger partial charge in [0.15, 0.2) is 0 Å². The highest BCUT2D eigenvalue weighted by atomic mass is 19.1. The van der Waals surface area contributed by atoms with Crippen molar-refractivity contribution in [3.8, 4) is 0 Å². The highest BCUT2D eigenvalue weighted by Gasteiger charge is 2.29. The number of ether oxygens (including phenoxy) is 2.